The van der Waals surface area contributed by atoms with Crippen LogP contribution in [0.25, 0.3) is 28.2 Å². The molecule has 0 spiro atoms. The third-order valence-corrected chi connectivity index (χ3v) is 3.95. The Morgan fingerprint density at radius 3 is 2.58 bits per heavy atom. The van der Waals surface area contributed by atoms with Crippen LogP contribution < -0.4 is 5.56 Å². The van der Waals surface area contributed by atoms with Crippen LogP contribution in [-0.4, -0.2) is 19.6 Å². The summed E-state index contributed by atoms with van der Waals surface area (Å²) in [6.07, 6.45) is 0. The zero-order valence-corrected chi connectivity index (χ0v) is 13.6. The van der Waals surface area contributed by atoms with Gasteiger partial charge in [-0.05, 0) is 25.1 Å². The van der Waals surface area contributed by atoms with Crippen LogP contribution in [0.15, 0.2) is 63.9 Å². The Labute approximate surface area is 146 Å². The number of hydrogen-bond acceptors (Lipinski definition) is 6. The fourth-order valence-electron chi connectivity index (χ4n) is 2.80. The molecule has 26 heavy (non-hydrogen) atoms. The lowest BCUT2D eigenvalue weighted by molar-refractivity contribution is -0.384. The Bertz CT molecular complexity index is 1210. The van der Waals surface area contributed by atoms with Crippen molar-refractivity contribution in [2.75, 3.05) is 0 Å². The van der Waals surface area contributed by atoms with Gasteiger partial charge in [0.15, 0.2) is 5.82 Å². The van der Waals surface area contributed by atoms with Crippen LogP contribution in [0, 0.1) is 17.0 Å². The second-order valence-corrected chi connectivity index (χ2v) is 5.67. The largest absolute Gasteiger partial charge is 0.338 e. The second-order valence-electron chi connectivity index (χ2n) is 5.67. The highest BCUT2D eigenvalue weighted by Crippen LogP contribution is 2.30. The maximum Gasteiger partial charge on any atom is 0.280 e. The molecule has 4 rings (SSSR count). The number of aryl methyl sites for hydroxylation is 1. The van der Waals surface area contributed by atoms with Crippen LogP contribution in [0.5, 0.6) is 0 Å². The van der Waals surface area contributed by atoms with Gasteiger partial charge < -0.3 is 4.52 Å². The van der Waals surface area contributed by atoms with Crippen molar-refractivity contribution >= 4 is 16.6 Å². The van der Waals surface area contributed by atoms with Crippen molar-refractivity contribution in [1.82, 2.24) is 14.7 Å². The van der Waals surface area contributed by atoms with Gasteiger partial charge in [0.1, 0.15) is 0 Å². The van der Waals surface area contributed by atoms with Crippen molar-refractivity contribution in [3.05, 3.63) is 80.8 Å². The first-order valence-corrected chi connectivity index (χ1v) is 7.75. The Kier molecular flexibility index (Phi) is 3.58. The summed E-state index contributed by atoms with van der Waals surface area (Å²) in [7, 11) is 0. The van der Waals surface area contributed by atoms with Gasteiger partial charge >= 0.3 is 0 Å². The van der Waals surface area contributed by atoms with Gasteiger partial charge in [-0.1, -0.05) is 29.4 Å². The number of nitro groups is 1. The normalized spacial score (nSPS) is 11.0. The standard InChI is InChI=1S/C18H12N4O4/c1-11-10-16(26-20-11)21-17(13-7-3-5-9-15(13)22(24)25)19-14-8-4-2-6-12(14)18(21)23/h2-10H,1H3. The molecule has 0 saturated carbocycles. The van der Waals surface area contributed by atoms with Crippen molar-refractivity contribution in [2.24, 2.45) is 0 Å². The topological polar surface area (TPSA) is 104 Å². The third kappa shape index (κ3) is 2.44. The molecule has 0 radical (unpaired) electrons. The van der Waals surface area contributed by atoms with Crippen molar-refractivity contribution in [3.63, 3.8) is 0 Å². The summed E-state index contributed by atoms with van der Waals surface area (Å²) in [6.45, 7) is 1.72. The molecule has 0 atom stereocenters. The summed E-state index contributed by atoms with van der Waals surface area (Å²) >= 11 is 0. The first kappa shape index (κ1) is 15.7. The van der Waals surface area contributed by atoms with Crippen LogP contribution in [0.3, 0.4) is 0 Å². The quantitative estimate of drug-likeness (QED) is 0.416. The minimum Gasteiger partial charge on any atom is -0.338 e. The summed E-state index contributed by atoms with van der Waals surface area (Å²) < 4.78 is 6.46. The van der Waals surface area contributed by atoms with E-state index in [-0.39, 0.29) is 28.5 Å². The van der Waals surface area contributed by atoms with E-state index in [0.29, 0.717) is 16.6 Å². The predicted molar refractivity (Wildman–Crippen MR) is 94.2 cm³/mol. The van der Waals surface area contributed by atoms with Crippen molar-refractivity contribution in [3.8, 4) is 17.3 Å². The lowest BCUT2D eigenvalue weighted by Crippen LogP contribution is -2.21. The fourth-order valence-corrected chi connectivity index (χ4v) is 2.80. The molecule has 0 unspecified atom stereocenters. The number of nitrogens with zero attached hydrogens (tertiary/aromatic N) is 4. The molecule has 8 nitrogen and oxygen atoms in total. The molecule has 128 valence electrons. The highest BCUT2D eigenvalue weighted by molar-refractivity contribution is 5.81. The maximum atomic E-state index is 13.1. The molecule has 0 saturated heterocycles. The molecule has 0 aliphatic heterocycles. The van der Waals surface area contributed by atoms with Gasteiger partial charge in [-0.2, -0.15) is 0 Å². The smallest absolute Gasteiger partial charge is 0.280 e. The van der Waals surface area contributed by atoms with Crippen LogP contribution >= 0.6 is 0 Å². The monoisotopic (exact) mass is 348 g/mol. The van der Waals surface area contributed by atoms with E-state index >= 15 is 0 Å². The zero-order chi connectivity index (χ0) is 18.3. The molecule has 4 aromatic rings. The van der Waals surface area contributed by atoms with Crippen molar-refractivity contribution in [1.29, 1.82) is 0 Å². The van der Waals surface area contributed by atoms with Crippen LogP contribution in [0.1, 0.15) is 5.69 Å². The molecule has 2 aromatic heterocycles. The highest BCUT2D eigenvalue weighted by Gasteiger charge is 2.23. The van der Waals surface area contributed by atoms with Gasteiger partial charge in [0, 0.05) is 12.1 Å². The zero-order valence-electron chi connectivity index (χ0n) is 13.6. The molecule has 0 aliphatic rings. The molecular formula is C18H12N4O4. The van der Waals surface area contributed by atoms with E-state index in [4.69, 9.17) is 4.52 Å². The average Bonchev–Trinajstić information content (AvgIpc) is 3.07. The number of hydrogen-bond donors (Lipinski definition) is 0. The van der Waals surface area contributed by atoms with Gasteiger partial charge in [-0.3, -0.25) is 14.9 Å². The average molecular weight is 348 g/mol. The Balaban J connectivity index is 2.15. The first-order chi connectivity index (χ1) is 12.6. The van der Waals surface area contributed by atoms with E-state index < -0.39 is 4.92 Å². The molecule has 0 amide bonds. The molecule has 2 heterocycles. The number of rotatable bonds is 3. The summed E-state index contributed by atoms with van der Waals surface area (Å²) in [4.78, 5) is 28.5. The van der Waals surface area contributed by atoms with Gasteiger partial charge in [0.25, 0.3) is 11.2 Å². The lowest BCUT2D eigenvalue weighted by Gasteiger charge is -2.11. The van der Waals surface area contributed by atoms with E-state index in [1.165, 1.54) is 10.6 Å². The Morgan fingerprint density at radius 2 is 1.85 bits per heavy atom. The number of aromatic nitrogens is 3. The Morgan fingerprint density at radius 1 is 1.12 bits per heavy atom. The second kappa shape index (κ2) is 5.92. The van der Waals surface area contributed by atoms with E-state index in [2.05, 4.69) is 10.1 Å². The fraction of sp³-hybridized carbons (Fsp3) is 0.0556. The minimum absolute atomic E-state index is 0.122. The predicted octanol–water partition coefficient (Wildman–Crippen LogP) is 3.26. The number of nitro benzene ring substituents is 1. The molecule has 0 fully saturated rings. The van der Waals surface area contributed by atoms with Crippen LogP contribution in [0.4, 0.5) is 5.69 Å². The van der Waals surface area contributed by atoms with Crippen molar-refractivity contribution < 1.29 is 9.45 Å². The minimum atomic E-state index is -0.507. The highest BCUT2D eigenvalue weighted by atomic mass is 16.6. The van der Waals surface area contributed by atoms with E-state index in [1.54, 1.807) is 55.5 Å². The number of para-hydroxylation sites is 2. The van der Waals surface area contributed by atoms with Crippen LogP contribution in [0.2, 0.25) is 0 Å². The van der Waals surface area contributed by atoms with Gasteiger partial charge in [-0.25, -0.2) is 9.55 Å². The van der Waals surface area contributed by atoms with Gasteiger partial charge in [0.2, 0.25) is 5.88 Å². The van der Waals surface area contributed by atoms with Gasteiger partial charge in [-0.15, -0.1) is 0 Å². The number of fused-ring (bicyclic) bond motifs is 1. The molecule has 0 aliphatic carbocycles. The third-order valence-electron chi connectivity index (χ3n) is 3.95. The SMILES string of the molecule is Cc1cc(-n2c(-c3ccccc3[N+](=O)[O-])nc3ccccc3c2=O)on1. The summed E-state index contributed by atoms with van der Waals surface area (Å²) in [5.74, 6) is 0.274. The van der Waals surface area contributed by atoms with Crippen LogP contribution in [-0.2, 0) is 0 Å². The molecular weight excluding hydrogens is 336 g/mol. The summed E-state index contributed by atoms with van der Waals surface area (Å²) in [5.41, 5.74) is 0.695. The van der Waals surface area contributed by atoms with Gasteiger partial charge in [0.05, 0.1) is 27.1 Å². The van der Waals surface area contributed by atoms with Crippen molar-refractivity contribution in [2.45, 2.75) is 6.92 Å². The molecule has 0 bridgehead atoms. The van der Waals surface area contributed by atoms with E-state index in [0.717, 1.165) is 0 Å². The molecule has 0 N–H and O–H groups in total. The van der Waals surface area contributed by atoms with E-state index in [9.17, 15) is 14.9 Å². The molecule has 2 aromatic carbocycles. The Hall–Kier alpha value is -3.81. The lowest BCUT2D eigenvalue weighted by atomic mass is 10.1. The first-order valence-electron chi connectivity index (χ1n) is 7.75. The summed E-state index contributed by atoms with van der Waals surface area (Å²) in [5, 5.41) is 15.6. The van der Waals surface area contributed by atoms with E-state index in [1.807, 2.05) is 0 Å². The maximum absolute atomic E-state index is 13.1. The summed E-state index contributed by atoms with van der Waals surface area (Å²) in [6, 6.07) is 14.5. The number of benzene rings is 2. The molecule has 8 heteroatoms.